The summed E-state index contributed by atoms with van der Waals surface area (Å²) in [6, 6.07) is -0.742. The van der Waals surface area contributed by atoms with Crippen LogP contribution < -0.4 is 5.11 Å². The molecule has 354 valence electrons. The highest BCUT2D eigenvalue weighted by Crippen LogP contribution is 2.13. The van der Waals surface area contributed by atoms with Crippen molar-refractivity contribution >= 4 is 17.9 Å². The minimum atomic E-state index is -1.14. The van der Waals surface area contributed by atoms with Gasteiger partial charge in [0.05, 0.1) is 40.3 Å². The Morgan fingerprint density at radius 1 is 0.500 bits per heavy atom. The van der Waals surface area contributed by atoms with Gasteiger partial charge in [0, 0.05) is 19.3 Å². The van der Waals surface area contributed by atoms with Crippen molar-refractivity contribution in [1.29, 1.82) is 0 Å². The molecule has 0 amide bonds. The maximum absolute atomic E-state index is 12.7. The minimum absolute atomic E-state index is 0.0106. The number of hydrogen-bond acceptors (Lipinski definition) is 7. The van der Waals surface area contributed by atoms with Crippen LogP contribution in [0.15, 0.2) is 85.1 Å². The number of likely N-dealkylation sites (N-methyl/N-ethyl adjacent to an activating group) is 1. The van der Waals surface area contributed by atoms with Crippen molar-refractivity contribution < 1.29 is 38.2 Å². The van der Waals surface area contributed by atoms with E-state index in [1.807, 2.05) is 0 Å². The molecule has 0 saturated heterocycles. The molecule has 8 heteroatoms. The molecule has 0 aromatic carbocycles. The van der Waals surface area contributed by atoms with Gasteiger partial charge in [0.15, 0.2) is 6.10 Å². The standard InChI is InChI=1S/C54H91NO7/c1-6-8-10-12-14-16-18-20-22-24-26-27-29-31-33-35-37-39-41-43-45-53(57)62-50(48-60-47-46-51(54(58)59)55(3,4)5)49-61-52(56)44-42-40-38-36-34-32-30-28-25-23-21-19-17-15-13-11-9-7-2/h8,10,14,16,20,22,26-28,30-31,33,37,39,50-51H,6-7,9,11-13,15,17-19,21,23-25,29,32,34-36,38,40-49H2,1-5H3/b10-8+,16-14+,22-20+,27-26+,30-28+,33-31+,39-37+. The van der Waals surface area contributed by atoms with Crippen LogP contribution in [-0.4, -0.2) is 75.5 Å². The molecular formula is C54H91NO7. The molecule has 0 N–H and O–H groups in total. The summed E-state index contributed by atoms with van der Waals surface area (Å²) in [4.78, 5) is 37.0. The van der Waals surface area contributed by atoms with Crippen molar-refractivity contribution in [1.82, 2.24) is 0 Å². The number of unbranched alkanes of at least 4 members (excludes halogenated alkanes) is 15. The second kappa shape index (κ2) is 44.1. The van der Waals surface area contributed by atoms with E-state index in [4.69, 9.17) is 14.2 Å². The van der Waals surface area contributed by atoms with Crippen molar-refractivity contribution in [3.05, 3.63) is 85.1 Å². The maximum Gasteiger partial charge on any atom is 0.306 e. The molecule has 0 rings (SSSR count). The number of carboxylic acid groups (broad SMARTS) is 1. The lowest BCUT2D eigenvalue weighted by Gasteiger charge is -2.34. The van der Waals surface area contributed by atoms with Crippen LogP contribution in [0, 0.1) is 0 Å². The molecule has 2 atom stereocenters. The van der Waals surface area contributed by atoms with Crippen molar-refractivity contribution in [2.45, 2.75) is 199 Å². The first-order valence-electron chi connectivity index (χ1n) is 24.6. The Balaban J connectivity index is 4.41. The van der Waals surface area contributed by atoms with Gasteiger partial charge in [-0.15, -0.1) is 0 Å². The van der Waals surface area contributed by atoms with Gasteiger partial charge in [0.2, 0.25) is 0 Å². The van der Waals surface area contributed by atoms with Crippen molar-refractivity contribution in [3.8, 4) is 0 Å². The van der Waals surface area contributed by atoms with Crippen LogP contribution >= 0.6 is 0 Å². The lowest BCUT2D eigenvalue weighted by molar-refractivity contribution is -0.889. The summed E-state index contributed by atoms with van der Waals surface area (Å²) in [5.74, 6) is -1.83. The quantitative estimate of drug-likeness (QED) is 0.0260. The highest BCUT2D eigenvalue weighted by Gasteiger charge is 2.25. The molecule has 8 nitrogen and oxygen atoms in total. The summed E-state index contributed by atoms with van der Waals surface area (Å²) in [7, 11) is 5.38. The van der Waals surface area contributed by atoms with Crippen LogP contribution in [0.1, 0.15) is 187 Å². The summed E-state index contributed by atoms with van der Waals surface area (Å²) >= 11 is 0. The van der Waals surface area contributed by atoms with Gasteiger partial charge < -0.3 is 28.6 Å². The van der Waals surface area contributed by atoms with E-state index in [0.29, 0.717) is 12.8 Å². The van der Waals surface area contributed by atoms with Crippen LogP contribution in [0.3, 0.4) is 0 Å². The molecule has 0 radical (unpaired) electrons. The number of carbonyl (C=O) groups is 3. The first-order valence-corrected chi connectivity index (χ1v) is 24.6. The van der Waals surface area contributed by atoms with E-state index in [-0.39, 0.29) is 49.1 Å². The van der Waals surface area contributed by atoms with Gasteiger partial charge in [-0.3, -0.25) is 9.59 Å². The van der Waals surface area contributed by atoms with Crippen LogP contribution in [0.25, 0.3) is 0 Å². The fourth-order valence-electron chi connectivity index (χ4n) is 6.72. The second-order valence-corrected chi connectivity index (χ2v) is 17.3. The summed E-state index contributed by atoms with van der Waals surface area (Å²) in [6.45, 7) is 4.48. The fraction of sp³-hybridized carbons (Fsp3) is 0.685. The number of aliphatic carboxylic acids is 1. The monoisotopic (exact) mass is 866 g/mol. The third-order valence-corrected chi connectivity index (χ3v) is 10.5. The Morgan fingerprint density at radius 2 is 0.919 bits per heavy atom. The van der Waals surface area contributed by atoms with E-state index in [1.165, 1.54) is 70.6 Å². The van der Waals surface area contributed by atoms with Gasteiger partial charge in [-0.1, -0.05) is 170 Å². The summed E-state index contributed by atoms with van der Waals surface area (Å²) in [6.07, 6.45) is 57.6. The highest BCUT2D eigenvalue weighted by molar-refractivity contribution is 5.70. The smallest absolute Gasteiger partial charge is 0.306 e. The molecule has 2 unspecified atom stereocenters. The SMILES string of the molecule is CC/C=C/C/C=C/C/C=C/C/C=C/C/C=C/C/C=C/CCCC(=O)OC(COCCC(C(=O)[O-])[N+](C)(C)C)COC(=O)CCCCCCC/C=C/CCCCCCCCCCC. The normalized spacial score (nSPS) is 13.6. The molecule has 0 fully saturated rings. The van der Waals surface area contributed by atoms with Crippen LogP contribution in [0.4, 0.5) is 0 Å². The number of hydrogen-bond donors (Lipinski definition) is 0. The molecule has 0 aromatic rings. The lowest BCUT2D eigenvalue weighted by atomic mass is 10.1. The van der Waals surface area contributed by atoms with Gasteiger partial charge >= 0.3 is 11.9 Å². The first kappa shape index (κ1) is 58.5. The second-order valence-electron chi connectivity index (χ2n) is 17.3. The zero-order valence-electron chi connectivity index (χ0n) is 40.3. The van der Waals surface area contributed by atoms with E-state index in [0.717, 1.165) is 77.0 Å². The number of esters is 2. The molecule has 62 heavy (non-hydrogen) atoms. The molecule has 0 aliphatic rings. The van der Waals surface area contributed by atoms with E-state index >= 15 is 0 Å². The number of ether oxygens (including phenoxy) is 3. The third kappa shape index (κ3) is 41.8. The number of allylic oxidation sites excluding steroid dienone is 14. The van der Waals surface area contributed by atoms with E-state index in [9.17, 15) is 19.5 Å². The molecule has 0 heterocycles. The molecule has 0 aliphatic carbocycles. The van der Waals surface area contributed by atoms with Crippen molar-refractivity contribution in [2.75, 3.05) is 41.0 Å². The van der Waals surface area contributed by atoms with Gasteiger partial charge in [0.25, 0.3) is 0 Å². The number of carbonyl (C=O) groups excluding carboxylic acids is 3. The number of nitrogens with zero attached hydrogens (tertiary/aromatic N) is 1. The van der Waals surface area contributed by atoms with E-state index in [2.05, 4.69) is 98.9 Å². The third-order valence-electron chi connectivity index (χ3n) is 10.5. The molecule has 0 spiro atoms. The maximum atomic E-state index is 12.7. The van der Waals surface area contributed by atoms with Gasteiger partial charge in [-0.05, 0) is 83.5 Å². The number of quaternary nitrogens is 1. The molecule has 0 aliphatic heterocycles. The van der Waals surface area contributed by atoms with Crippen LogP contribution in [0.5, 0.6) is 0 Å². The predicted molar refractivity (Wildman–Crippen MR) is 258 cm³/mol. The predicted octanol–water partition coefficient (Wildman–Crippen LogP) is 12.7. The number of rotatable bonds is 43. The topological polar surface area (TPSA) is 102 Å². The largest absolute Gasteiger partial charge is 0.544 e. The Morgan fingerprint density at radius 3 is 1.40 bits per heavy atom. The molecule has 0 bridgehead atoms. The van der Waals surface area contributed by atoms with Gasteiger partial charge in [0.1, 0.15) is 12.6 Å². The number of carboxylic acids is 1. The Labute approximate surface area is 380 Å². The zero-order chi connectivity index (χ0) is 45.6. The average Bonchev–Trinajstić information content (AvgIpc) is 3.23. The summed E-state index contributed by atoms with van der Waals surface area (Å²) < 4.78 is 17.1. The summed E-state index contributed by atoms with van der Waals surface area (Å²) in [5, 5.41) is 11.7. The molecular weight excluding hydrogens is 775 g/mol. The van der Waals surface area contributed by atoms with E-state index < -0.39 is 18.1 Å². The summed E-state index contributed by atoms with van der Waals surface area (Å²) in [5.41, 5.74) is 0. The lowest BCUT2D eigenvalue weighted by Crippen LogP contribution is -2.55. The van der Waals surface area contributed by atoms with Crippen LogP contribution in [-0.2, 0) is 28.6 Å². The van der Waals surface area contributed by atoms with Gasteiger partial charge in [-0.2, -0.15) is 0 Å². The minimum Gasteiger partial charge on any atom is -0.544 e. The fourth-order valence-corrected chi connectivity index (χ4v) is 6.72. The molecule has 0 aromatic heterocycles. The van der Waals surface area contributed by atoms with Crippen molar-refractivity contribution in [2.24, 2.45) is 0 Å². The zero-order valence-corrected chi connectivity index (χ0v) is 40.3. The Bertz CT molecular complexity index is 1290. The average molecular weight is 866 g/mol. The highest BCUT2D eigenvalue weighted by atomic mass is 16.6. The Hall–Kier alpha value is -3.49. The Kier molecular flexibility index (Phi) is 41.6. The van der Waals surface area contributed by atoms with E-state index in [1.54, 1.807) is 21.1 Å². The first-order chi connectivity index (χ1) is 30.1. The van der Waals surface area contributed by atoms with Crippen LogP contribution in [0.2, 0.25) is 0 Å². The molecule has 0 saturated carbocycles. The van der Waals surface area contributed by atoms with Crippen molar-refractivity contribution in [3.63, 3.8) is 0 Å². The van der Waals surface area contributed by atoms with Gasteiger partial charge in [-0.25, -0.2) is 0 Å².